The molecule has 0 spiro atoms. The Kier molecular flexibility index (Phi) is 4.79. The second-order valence-electron chi connectivity index (χ2n) is 3.73. The fraction of sp³-hybridized carbons (Fsp3) is 0.154. The van der Waals surface area contributed by atoms with E-state index in [0.717, 1.165) is 15.9 Å². The van der Waals surface area contributed by atoms with Crippen molar-refractivity contribution in [1.29, 1.82) is 5.26 Å². The van der Waals surface area contributed by atoms with Gasteiger partial charge in [-0.1, -0.05) is 17.7 Å². The van der Waals surface area contributed by atoms with Crippen LogP contribution in [-0.4, -0.2) is 0 Å². The molecule has 1 aromatic heterocycles. The third-order valence-corrected chi connectivity index (χ3v) is 4.40. The van der Waals surface area contributed by atoms with Gasteiger partial charge in [0.25, 0.3) is 0 Å². The normalized spacial score (nSPS) is 10.3. The minimum absolute atomic E-state index is 0.589. The highest BCUT2D eigenvalue weighted by molar-refractivity contribution is 9.11. The van der Waals surface area contributed by atoms with Gasteiger partial charge in [0.1, 0.15) is 0 Å². The first-order chi connectivity index (χ1) is 8.69. The zero-order valence-electron chi connectivity index (χ0n) is 9.41. The van der Waals surface area contributed by atoms with Gasteiger partial charge in [0.15, 0.2) is 0 Å². The van der Waals surface area contributed by atoms with Crippen LogP contribution in [-0.2, 0) is 13.1 Å². The molecule has 92 valence electrons. The smallest absolute Gasteiger partial charge is 0.0992 e. The largest absolute Gasteiger partial charge is 0.308 e. The molecule has 0 saturated heterocycles. The Morgan fingerprint density at radius 1 is 1.28 bits per heavy atom. The van der Waals surface area contributed by atoms with Crippen LogP contribution in [0.15, 0.2) is 34.1 Å². The summed E-state index contributed by atoms with van der Waals surface area (Å²) in [5.74, 6) is 0. The van der Waals surface area contributed by atoms with E-state index in [2.05, 4.69) is 33.4 Å². The van der Waals surface area contributed by atoms with Crippen molar-refractivity contribution in [1.82, 2.24) is 5.32 Å². The number of halogens is 2. The van der Waals surface area contributed by atoms with E-state index in [1.807, 2.05) is 12.1 Å². The molecule has 0 atom stereocenters. The van der Waals surface area contributed by atoms with Crippen LogP contribution in [0.5, 0.6) is 0 Å². The highest BCUT2D eigenvalue weighted by atomic mass is 79.9. The Hall–Kier alpha value is -0.860. The van der Waals surface area contributed by atoms with E-state index >= 15 is 0 Å². The zero-order valence-corrected chi connectivity index (χ0v) is 12.6. The number of rotatable bonds is 4. The van der Waals surface area contributed by atoms with Gasteiger partial charge in [-0.25, -0.2) is 0 Å². The average molecular weight is 342 g/mol. The van der Waals surface area contributed by atoms with Crippen LogP contribution in [0, 0.1) is 11.3 Å². The number of thiophene rings is 1. The molecule has 18 heavy (non-hydrogen) atoms. The summed E-state index contributed by atoms with van der Waals surface area (Å²) in [6.07, 6.45) is 0. The minimum Gasteiger partial charge on any atom is -0.308 e. The zero-order chi connectivity index (χ0) is 13.0. The molecule has 0 fully saturated rings. The second-order valence-corrected chi connectivity index (χ2v) is 6.68. The van der Waals surface area contributed by atoms with Gasteiger partial charge in [0, 0.05) is 23.0 Å². The van der Waals surface area contributed by atoms with Crippen molar-refractivity contribution in [2.45, 2.75) is 13.1 Å². The quantitative estimate of drug-likeness (QED) is 0.898. The molecule has 0 amide bonds. The molecule has 1 heterocycles. The molecule has 0 saturated carbocycles. The molecule has 2 nitrogen and oxygen atoms in total. The Labute approximate surface area is 123 Å². The topological polar surface area (TPSA) is 35.8 Å². The third-order valence-electron chi connectivity index (χ3n) is 2.43. The first-order valence-corrected chi connectivity index (χ1v) is 7.31. The number of benzene rings is 1. The van der Waals surface area contributed by atoms with Gasteiger partial charge in [-0.05, 0) is 45.8 Å². The lowest BCUT2D eigenvalue weighted by molar-refractivity contribution is 0.701. The van der Waals surface area contributed by atoms with Crippen molar-refractivity contribution >= 4 is 38.9 Å². The maximum absolute atomic E-state index is 8.75. The summed E-state index contributed by atoms with van der Waals surface area (Å²) in [6.45, 7) is 1.51. The van der Waals surface area contributed by atoms with Crippen LogP contribution < -0.4 is 5.32 Å². The van der Waals surface area contributed by atoms with Crippen molar-refractivity contribution in [3.63, 3.8) is 0 Å². The summed E-state index contributed by atoms with van der Waals surface area (Å²) in [5.41, 5.74) is 1.59. The van der Waals surface area contributed by atoms with E-state index in [9.17, 15) is 0 Å². The summed E-state index contributed by atoms with van der Waals surface area (Å²) in [7, 11) is 0. The number of hydrogen-bond acceptors (Lipinski definition) is 3. The lowest BCUT2D eigenvalue weighted by atomic mass is 10.1. The Balaban J connectivity index is 1.92. The van der Waals surface area contributed by atoms with Crippen molar-refractivity contribution < 1.29 is 0 Å². The first-order valence-electron chi connectivity index (χ1n) is 5.32. The molecule has 5 heteroatoms. The lowest BCUT2D eigenvalue weighted by Gasteiger charge is -2.05. The first kappa shape index (κ1) is 13.6. The van der Waals surface area contributed by atoms with Crippen molar-refractivity contribution in [3.05, 3.63) is 55.1 Å². The number of hydrogen-bond donors (Lipinski definition) is 1. The van der Waals surface area contributed by atoms with E-state index < -0.39 is 0 Å². The third kappa shape index (κ3) is 3.56. The molecule has 0 radical (unpaired) electrons. The van der Waals surface area contributed by atoms with Gasteiger partial charge in [0.05, 0.1) is 15.4 Å². The Morgan fingerprint density at radius 3 is 2.72 bits per heavy atom. The van der Waals surface area contributed by atoms with Crippen molar-refractivity contribution in [2.75, 3.05) is 0 Å². The number of nitrogens with one attached hydrogen (secondary N) is 1. The summed E-state index contributed by atoms with van der Waals surface area (Å²) in [4.78, 5) is 1.27. The highest BCUT2D eigenvalue weighted by Crippen LogP contribution is 2.22. The monoisotopic (exact) mass is 340 g/mol. The minimum atomic E-state index is 0.589. The molecular formula is C13H10BrClN2S. The van der Waals surface area contributed by atoms with Gasteiger partial charge in [-0.2, -0.15) is 5.26 Å². The van der Waals surface area contributed by atoms with Gasteiger partial charge >= 0.3 is 0 Å². The van der Waals surface area contributed by atoms with Gasteiger partial charge in [-0.3, -0.25) is 0 Å². The van der Waals surface area contributed by atoms with Gasteiger partial charge in [-0.15, -0.1) is 11.3 Å². The van der Waals surface area contributed by atoms with Crippen LogP contribution in [0.3, 0.4) is 0 Å². The van der Waals surface area contributed by atoms with Crippen LogP contribution in [0.1, 0.15) is 16.0 Å². The van der Waals surface area contributed by atoms with Crippen LogP contribution >= 0.6 is 38.9 Å². The molecule has 0 aliphatic heterocycles. The molecular weight excluding hydrogens is 332 g/mol. The second kappa shape index (κ2) is 6.35. The molecule has 0 bridgehead atoms. The van der Waals surface area contributed by atoms with Crippen molar-refractivity contribution in [3.8, 4) is 6.07 Å². The summed E-state index contributed by atoms with van der Waals surface area (Å²) < 4.78 is 1.13. The SMILES string of the molecule is N#Cc1ccc(CNCc2ccc(Br)s2)c(Cl)c1. The standard InChI is InChI=1S/C13H10BrClN2S/c14-13-4-3-11(18-13)8-17-7-10-2-1-9(6-16)5-12(10)15/h1-5,17H,7-8H2. The maximum atomic E-state index is 8.75. The van der Waals surface area contributed by atoms with E-state index in [-0.39, 0.29) is 0 Å². The molecule has 0 aliphatic carbocycles. The van der Waals surface area contributed by atoms with Crippen molar-refractivity contribution in [2.24, 2.45) is 0 Å². The van der Waals surface area contributed by atoms with Gasteiger partial charge < -0.3 is 5.32 Å². The summed E-state index contributed by atoms with van der Waals surface area (Å²) in [6, 6.07) is 11.6. The molecule has 2 rings (SSSR count). The Morgan fingerprint density at radius 2 is 2.11 bits per heavy atom. The van der Waals surface area contributed by atoms with Crippen LogP contribution in [0.4, 0.5) is 0 Å². The van der Waals surface area contributed by atoms with Gasteiger partial charge in [0.2, 0.25) is 0 Å². The fourth-order valence-corrected chi connectivity index (χ4v) is 3.23. The van der Waals surface area contributed by atoms with E-state index in [1.165, 1.54) is 4.88 Å². The molecule has 1 aromatic carbocycles. The highest BCUT2D eigenvalue weighted by Gasteiger charge is 2.02. The number of nitrogens with zero attached hydrogens (tertiary/aromatic N) is 1. The Bertz CT molecular complexity index is 589. The average Bonchev–Trinajstić information content (AvgIpc) is 2.77. The summed E-state index contributed by atoms with van der Waals surface area (Å²) in [5, 5.41) is 12.7. The van der Waals surface area contributed by atoms with E-state index in [1.54, 1.807) is 23.5 Å². The van der Waals surface area contributed by atoms with Crippen LogP contribution in [0.25, 0.3) is 0 Å². The lowest BCUT2D eigenvalue weighted by Crippen LogP contribution is -2.12. The van der Waals surface area contributed by atoms with E-state index in [4.69, 9.17) is 16.9 Å². The van der Waals surface area contributed by atoms with E-state index in [0.29, 0.717) is 17.1 Å². The fourth-order valence-electron chi connectivity index (χ4n) is 1.53. The molecule has 0 unspecified atom stereocenters. The number of nitriles is 1. The molecule has 0 aliphatic rings. The molecule has 1 N–H and O–H groups in total. The molecule has 2 aromatic rings. The predicted molar refractivity (Wildman–Crippen MR) is 78.7 cm³/mol. The van der Waals surface area contributed by atoms with Crippen LogP contribution in [0.2, 0.25) is 5.02 Å². The maximum Gasteiger partial charge on any atom is 0.0992 e. The predicted octanol–water partition coefficient (Wildman–Crippen LogP) is 4.33. The summed E-state index contributed by atoms with van der Waals surface area (Å²) >= 11 is 11.2.